The fourth-order valence-corrected chi connectivity index (χ4v) is 5.56. The number of hydrogen-bond acceptors (Lipinski definition) is 2. The van der Waals surface area contributed by atoms with Crippen molar-refractivity contribution in [1.29, 1.82) is 0 Å². The van der Waals surface area contributed by atoms with Gasteiger partial charge in [-0.25, -0.2) is 0 Å². The molecule has 3 aliphatic rings. The van der Waals surface area contributed by atoms with Crippen LogP contribution in [0.4, 0.5) is 0 Å². The van der Waals surface area contributed by atoms with Crippen molar-refractivity contribution in [3.05, 3.63) is 35.4 Å². The van der Waals surface area contributed by atoms with Crippen molar-refractivity contribution in [3.63, 3.8) is 0 Å². The van der Waals surface area contributed by atoms with Crippen molar-refractivity contribution in [3.8, 4) is 0 Å². The maximum absolute atomic E-state index is 12.4. The highest BCUT2D eigenvalue weighted by Gasteiger charge is 2.45. The first kappa shape index (κ1) is 19.9. The fraction of sp³-hybridized carbons (Fsp3) is 0.720. The normalized spacial score (nSPS) is 24.8. The van der Waals surface area contributed by atoms with E-state index in [9.17, 15) is 4.79 Å². The summed E-state index contributed by atoms with van der Waals surface area (Å²) >= 11 is 0. The van der Waals surface area contributed by atoms with Gasteiger partial charge in [-0.2, -0.15) is 0 Å². The van der Waals surface area contributed by atoms with Gasteiger partial charge in [0.15, 0.2) is 0 Å². The van der Waals surface area contributed by atoms with E-state index in [4.69, 9.17) is 0 Å². The van der Waals surface area contributed by atoms with Crippen LogP contribution >= 0.6 is 0 Å². The Labute approximate surface area is 171 Å². The van der Waals surface area contributed by atoms with Gasteiger partial charge in [-0.15, -0.1) is 0 Å². The first-order valence-electron chi connectivity index (χ1n) is 11.4. The van der Waals surface area contributed by atoms with E-state index in [0.29, 0.717) is 22.9 Å². The van der Waals surface area contributed by atoms with Gasteiger partial charge in [-0.1, -0.05) is 45.0 Å². The number of carbonyl (C=O) groups is 1. The molecule has 1 heterocycles. The van der Waals surface area contributed by atoms with E-state index in [1.165, 1.54) is 63.7 Å². The van der Waals surface area contributed by atoms with Crippen molar-refractivity contribution in [2.45, 2.75) is 90.1 Å². The van der Waals surface area contributed by atoms with Gasteiger partial charge in [0.1, 0.15) is 0 Å². The highest BCUT2D eigenvalue weighted by Crippen LogP contribution is 2.51. The van der Waals surface area contributed by atoms with E-state index in [1.54, 1.807) is 12.5 Å². The number of piperidine rings is 1. The Bertz CT molecular complexity index is 708. The Morgan fingerprint density at radius 3 is 2.39 bits per heavy atom. The number of fused-ring (bicyclic) bond motifs is 2. The van der Waals surface area contributed by atoms with Gasteiger partial charge in [0.25, 0.3) is 0 Å². The molecule has 1 amide bonds. The monoisotopic (exact) mass is 382 g/mol. The van der Waals surface area contributed by atoms with E-state index in [0.717, 1.165) is 6.42 Å². The predicted molar refractivity (Wildman–Crippen MR) is 115 cm³/mol. The molecule has 1 spiro atoms. The molecule has 1 saturated heterocycles. The average molecular weight is 383 g/mol. The number of amides is 1. The molecule has 0 unspecified atom stereocenters. The highest BCUT2D eigenvalue weighted by atomic mass is 16.2. The Morgan fingerprint density at radius 2 is 1.79 bits per heavy atom. The van der Waals surface area contributed by atoms with E-state index in [-0.39, 0.29) is 5.91 Å². The predicted octanol–water partition coefficient (Wildman–Crippen LogP) is 5.30. The van der Waals surface area contributed by atoms with Crippen LogP contribution in [0.25, 0.3) is 0 Å². The largest absolute Gasteiger partial charge is 0.333 e. The first-order valence-corrected chi connectivity index (χ1v) is 11.4. The summed E-state index contributed by atoms with van der Waals surface area (Å²) in [5.74, 6) is 0.259. The molecule has 0 bridgehead atoms. The third-order valence-corrected chi connectivity index (χ3v) is 7.42. The zero-order valence-corrected chi connectivity index (χ0v) is 18.3. The van der Waals surface area contributed by atoms with Gasteiger partial charge >= 0.3 is 0 Å². The quantitative estimate of drug-likeness (QED) is 0.705. The Morgan fingerprint density at radius 1 is 1.11 bits per heavy atom. The lowest BCUT2D eigenvalue weighted by Crippen LogP contribution is -2.47. The molecule has 1 saturated carbocycles. The fourth-order valence-electron chi connectivity index (χ4n) is 5.56. The summed E-state index contributed by atoms with van der Waals surface area (Å²) in [6.07, 6.45) is 8.55. The number of rotatable bonds is 4. The average Bonchev–Trinajstić information content (AvgIpc) is 3.48. The third-order valence-electron chi connectivity index (χ3n) is 7.42. The van der Waals surface area contributed by atoms with Crippen molar-refractivity contribution < 1.29 is 4.79 Å². The lowest BCUT2D eigenvalue weighted by molar-refractivity contribution is -0.132. The second-order valence-electron chi connectivity index (χ2n) is 10.7. The van der Waals surface area contributed by atoms with Gasteiger partial charge < -0.3 is 9.80 Å². The van der Waals surface area contributed by atoms with Gasteiger partial charge in [-0.05, 0) is 86.5 Å². The molecule has 2 aliphatic carbocycles. The Balaban J connectivity index is 1.52. The molecule has 28 heavy (non-hydrogen) atoms. The second kappa shape index (κ2) is 7.48. The first-order chi connectivity index (χ1) is 13.3. The van der Waals surface area contributed by atoms with Crippen LogP contribution in [0.3, 0.4) is 0 Å². The Hall–Kier alpha value is -1.35. The summed E-state index contributed by atoms with van der Waals surface area (Å²) in [4.78, 5) is 17.3. The van der Waals surface area contributed by atoms with Crippen LogP contribution in [-0.4, -0.2) is 41.4 Å². The summed E-state index contributed by atoms with van der Waals surface area (Å²) in [6.45, 7) is 12.5. The molecule has 4 rings (SSSR count). The molecule has 154 valence electrons. The molecular weight excluding hydrogens is 344 g/mol. The van der Waals surface area contributed by atoms with E-state index in [1.807, 2.05) is 0 Å². The van der Waals surface area contributed by atoms with Crippen LogP contribution in [0.5, 0.6) is 0 Å². The minimum absolute atomic E-state index is 0.259. The SMILES string of the molecule is CC(=O)N(C1CC1)[C@H]1CCC2(CCN(CCC(C)(C)C)CC2)c2ccccc21. The molecular formula is C25H38N2O. The number of nitrogens with zero attached hydrogens (tertiary/aromatic N) is 2. The molecule has 3 nitrogen and oxygen atoms in total. The number of likely N-dealkylation sites (tertiary alicyclic amines) is 1. The van der Waals surface area contributed by atoms with Crippen LogP contribution in [0.2, 0.25) is 0 Å². The maximum Gasteiger partial charge on any atom is 0.220 e. The summed E-state index contributed by atoms with van der Waals surface area (Å²) in [6, 6.07) is 9.86. The molecule has 1 aromatic carbocycles. The van der Waals surface area contributed by atoms with Crippen LogP contribution in [0, 0.1) is 5.41 Å². The Kier molecular flexibility index (Phi) is 5.33. The van der Waals surface area contributed by atoms with Crippen molar-refractivity contribution in [1.82, 2.24) is 9.80 Å². The van der Waals surface area contributed by atoms with Gasteiger partial charge in [0.2, 0.25) is 5.91 Å². The van der Waals surface area contributed by atoms with Crippen LogP contribution < -0.4 is 0 Å². The van der Waals surface area contributed by atoms with Gasteiger partial charge in [0.05, 0.1) is 6.04 Å². The lowest BCUT2D eigenvalue weighted by atomic mass is 9.63. The molecule has 0 N–H and O–H groups in total. The topological polar surface area (TPSA) is 23.6 Å². The second-order valence-corrected chi connectivity index (χ2v) is 10.7. The van der Waals surface area contributed by atoms with Crippen LogP contribution in [-0.2, 0) is 10.2 Å². The summed E-state index contributed by atoms with van der Waals surface area (Å²) in [7, 11) is 0. The molecule has 2 fully saturated rings. The lowest BCUT2D eigenvalue weighted by Gasteiger charge is -2.49. The zero-order valence-electron chi connectivity index (χ0n) is 18.3. The van der Waals surface area contributed by atoms with E-state index in [2.05, 4.69) is 54.8 Å². The molecule has 0 radical (unpaired) electrons. The maximum atomic E-state index is 12.4. The molecule has 1 aromatic rings. The minimum atomic E-state index is 0.259. The van der Waals surface area contributed by atoms with E-state index < -0.39 is 0 Å². The number of hydrogen-bond donors (Lipinski definition) is 0. The summed E-state index contributed by atoms with van der Waals surface area (Å²) < 4.78 is 0. The molecule has 1 aliphatic heterocycles. The highest BCUT2D eigenvalue weighted by molar-refractivity contribution is 5.75. The van der Waals surface area contributed by atoms with Crippen molar-refractivity contribution in [2.24, 2.45) is 5.41 Å². The zero-order chi connectivity index (χ0) is 19.9. The number of carbonyl (C=O) groups excluding carboxylic acids is 1. The molecule has 1 atom stereocenters. The summed E-state index contributed by atoms with van der Waals surface area (Å²) in [5, 5.41) is 0. The third kappa shape index (κ3) is 4.01. The van der Waals surface area contributed by atoms with Crippen molar-refractivity contribution >= 4 is 5.91 Å². The molecule has 3 heteroatoms. The van der Waals surface area contributed by atoms with Crippen LogP contribution in [0.1, 0.15) is 89.8 Å². The summed E-state index contributed by atoms with van der Waals surface area (Å²) in [5.41, 5.74) is 3.74. The van der Waals surface area contributed by atoms with Crippen molar-refractivity contribution in [2.75, 3.05) is 19.6 Å². The molecule has 0 aromatic heterocycles. The van der Waals surface area contributed by atoms with Gasteiger partial charge in [0, 0.05) is 13.0 Å². The van der Waals surface area contributed by atoms with Crippen LogP contribution in [0.15, 0.2) is 24.3 Å². The standard InChI is InChI=1S/C25H38N2O/c1-19(28)27(20-9-10-20)23-11-12-25(22-8-6-5-7-21(22)23)14-17-26(18-15-25)16-13-24(2,3)4/h5-8,20,23H,9-18H2,1-4H3/t23-/m0/s1. The van der Waals surface area contributed by atoms with Gasteiger partial charge in [-0.3, -0.25) is 4.79 Å². The smallest absolute Gasteiger partial charge is 0.220 e. The van der Waals surface area contributed by atoms with E-state index >= 15 is 0 Å². The minimum Gasteiger partial charge on any atom is -0.333 e. The number of benzene rings is 1.